The first-order valence-electron chi connectivity index (χ1n) is 2.92. The molecule has 0 saturated heterocycles. The van der Waals surface area contributed by atoms with Gasteiger partial charge in [0, 0.05) is 7.05 Å². The van der Waals surface area contributed by atoms with Crippen LogP contribution in [0.1, 0.15) is 11.7 Å². The Morgan fingerprint density at radius 3 is 2.58 bits per heavy atom. The summed E-state index contributed by atoms with van der Waals surface area (Å²) in [5, 5.41) is 7.16. The maximum atomic E-state index is 11.9. The van der Waals surface area contributed by atoms with Crippen LogP contribution in [0, 0.1) is 0 Å². The van der Waals surface area contributed by atoms with Crippen molar-refractivity contribution < 1.29 is 4.39 Å². The molecule has 0 saturated carbocycles. The minimum absolute atomic E-state index is 0. The van der Waals surface area contributed by atoms with Gasteiger partial charge < -0.3 is 5.73 Å². The molecule has 0 aliphatic heterocycles. The van der Waals surface area contributed by atoms with Gasteiger partial charge in [-0.1, -0.05) is 5.21 Å². The SMILES string of the molecule is Cl.Cl.Cn1nncc1C(N)CF. The maximum absolute atomic E-state index is 11.9. The molecule has 1 aromatic heterocycles. The van der Waals surface area contributed by atoms with Gasteiger partial charge in [-0.05, 0) is 0 Å². The quantitative estimate of drug-likeness (QED) is 0.790. The van der Waals surface area contributed by atoms with E-state index in [2.05, 4.69) is 10.3 Å². The Bertz CT molecular complexity index is 217. The molecule has 1 unspecified atom stereocenters. The van der Waals surface area contributed by atoms with E-state index in [9.17, 15) is 4.39 Å². The van der Waals surface area contributed by atoms with Gasteiger partial charge in [-0.15, -0.1) is 29.9 Å². The summed E-state index contributed by atoms with van der Waals surface area (Å²) in [5.41, 5.74) is 5.98. The Kier molecular flexibility index (Phi) is 7.27. The van der Waals surface area contributed by atoms with Crippen LogP contribution in [-0.2, 0) is 7.05 Å². The first-order valence-corrected chi connectivity index (χ1v) is 2.92. The first-order chi connectivity index (χ1) is 4.75. The molecule has 12 heavy (non-hydrogen) atoms. The maximum Gasteiger partial charge on any atom is 0.110 e. The van der Waals surface area contributed by atoms with E-state index >= 15 is 0 Å². The zero-order valence-electron chi connectivity index (χ0n) is 6.48. The number of nitrogens with two attached hydrogens (primary N) is 1. The molecular formula is C5H11Cl2FN4. The summed E-state index contributed by atoms with van der Waals surface area (Å²) in [5.74, 6) is 0. The second-order valence-electron chi connectivity index (χ2n) is 2.04. The first kappa shape index (κ1) is 14.2. The van der Waals surface area contributed by atoms with E-state index in [1.54, 1.807) is 7.05 Å². The molecule has 1 atom stereocenters. The molecule has 2 N–H and O–H groups in total. The molecule has 0 spiro atoms. The average molecular weight is 217 g/mol. The Hall–Kier alpha value is -0.390. The molecule has 1 heterocycles. The number of halogens is 3. The van der Waals surface area contributed by atoms with E-state index in [1.165, 1.54) is 10.9 Å². The van der Waals surface area contributed by atoms with Crippen LogP contribution in [0.15, 0.2) is 6.20 Å². The summed E-state index contributed by atoms with van der Waals surface area (Å²) >= 11 is 0. The van der Waals surface area contributed by atoms with Crippen LogP contribution in [0.2, 0.25) is 0 Å². The van der Waals surface area contributed by atoms with E-state index in [0.717, 1.165) is 0 Å². The molecule has 0 aromatic carbocycles. The standard InChI is InChI=1S/C5H9FN4.2ClH/c1-10-5(3-8-9-10)4(7)2-6;;/h3-4H,2,7H2,1H3;2*1H. The van der Waals surface area contributed by atoms with Gasteiger partial charge in [0.05, 0.1) is 17.9 Å². The van der Waals surface area contributed by atoms with E-state index in [-0.39, 0.29) is 24.8 Å². The minimum Gasteiger partial charge on any atom is -0.320 e. The molecule has 72 valence electrons. The number of hydrogen-bond donors (Lipinski definition) is 1. The molecule has 0 radical (unpaired) electrons. The Morgan fingerprint density at radius 1 is 1.67 bits per heavy atom. The highest BCUT2D eigenvalue weighted by Gasteiger charge is 2.08. The van der Waals surface area contributed by atoms with Gasteiger partial charge in [0.15, 0.2) is 0 Å². The highest BCUT2D eigenvalue weighted by molar-refractivity contribution is 5.85. The van der Waals surface area contributed by atoms with Gasteiger partial charge in [0.2, 0.25) is 0 Å². The summed E-state index contributed by atoms with van der Waals surface area (Å²) in [4.78, 5) is 0. The Morgan fingerprint density at radius 2 is 2.25 bits per heavy atom. The molecule has 4 nitrogen and oxygen atoms in total. The predicted molar refractivity (Wildman–Crippen MR) is 48.4 cm³/mol. The fourth-order valence-corrected chi connectivity index (χ4v) is 0.712. The summed E-state index contributed by atoms with van der Waals surface area (Å²) in [6.07, 6.45) is 1.46. The normalized spacial score (nSPS) is 11.2. The highest BCUT2D eigenvalue weighted by Crippen LogP contribution is 2.05. The highest BCUT2D eigenvalue weighted by atomic mass is 35.5. The number of aryl methyl sites for hydroxylation is 1. The number of hydrogen-bond acceptors (Lipinski definition) is 3. The fourth-order valence-electron chi connectivity index (χ4n) is 0.712. The molecule has 0 bridgehead atoms. The zero-order valence-corrected chi connectivity index (χ0v) is 8.11. The molecule has 0 aliphatic rings. The molecule has 0 aliphatic carbocycles. The van der Waals surface area contributed by atoms with Crippen LogP contribution < -0.4 is 5.73 Å². The molecule has 0 amide bonds. The monoisotopic (exact) mass is 216 g/mol. The van der Waals surface area contributed by atoms with Gasteiger partial charge in [-0.25, -0.2) is 4.39 Å². The summed E-state index contributed by atoms with van der Waals surface area (Å²) in [6.45, 7) is -0.582. The van der Waals surface area contributed by atoms with Crippen molar-refractivity contribution in [3.63, 3.8) is 0 Å². The van der Waals surface area contributed by atoms with Crippen molar-refractivity contribution in [2.75, 3.05) is 6.67 Å². The van der Waals surface area contributed by atoms with E-state index in [1.807, 2.05) is 0 Å². The van der Waals surface area contributed by atoms with Crippen molar-refractivity contribution in [2.45, 2.75) is 6.04 Å². The van der Waals surface area contributed by atoms with Gasteiger partial charge in [-0.3, -0.25) is 4.68 Å². The second kappa shape index (κ2) is 6.16. The predicted octanol–water partition coefficient (Wildman–Crippen LogP) is 0.628. The van der Waals surface area contributed by atoms with E-state index in [4.69, 9.17) is 5.73 Å². The number of aromatic nitrogens is 3. The topological polar surface area (TPSA) is 56.7 Å². The fraction of sp³-hybridized carbons (Fsp3) is 0.600. The molecule has 1 rings (SSSR count). The molecule has 1 aromatic rings. The lowest BCUT2D eigenvalue weighted by Crippen LogP contribution is -2.16. The lowest BCUT2D eigenvalue weighted by Gasteiger charge is -2.04. The van der Waals surface area contributed by atoms with Crippen molar-refractivity contribution in [3.05, 3.63) is 11.9 Å². The third kappa shape index (κ3) is 2.92. The van der Waals surface area contributed by atoms with Crippen molar-refractivity contribution in [1.29, 1.82) is 0 Å². The van der Waals surface area contributed by atoms with E-state index in [0.29, 0.717) is 5.69 Å². The van der Waals surface area contributed by atoms with Crippen molar-refractivity contribution in [2.24, 2.45) is 12.8 Å². The molecule has 7 heteroatoms. The Labute approximate surface area is 82.1 Å². The van der Waals surface area contributed by atoms with Crippen LogP contribution in [0.5, 0.6) is 0 Å². The van der Waals surface area contributed by atoms with Crippen molar-refractivity contribution in [1.82, 2.24) is 15.0 Å². The van der Waals surface area contributed by atoms with E-state index < -0.39 is 12.7 Å². The van der Waals surface area contributed by atoms with Crippen molar-refractivity contribution >= 4 is 24.8 Å². The number of alkyl halides is 1. The van der Waals surface area contributed by atoms with Gasteiger partial charge in [0.25, 0.3) is 0 Å². The lowest BCUT2D eigenvalue weighted by atomic mass is 10.3. The zero-order chi connectivity index (χ0) is 7.56. The van der Waals surface area contributed by atoms with Crippen LogP contribution in [0.4, 0.5) is 4.39 Å². The molecular weight excluding hydrogens is 206 g/mol. The lowest BCUT2D eigenvalue weighted by molar-refractivity contribution is 0.422. The summed E-state index contributed by atoms with van der Waals surface area (Å²) in [6, 6.07) is -0.597. The molecule has 0 fully saturated rings. The summed E-state index contributed by atoms with van der Waals surface area (Å²) in [7, 11) is 1.68. The van der Waals surface area contributed by atoms with Gasteiger partial charge >= 0.3 is 0 Å². The second-order valence-corrected chi connectivity index (χ2v) is 2.04. The number of rotatable bonds is 2. The van der Waals surface area contributed by atoms with Gasteiger partial charge in [0.1, 0.15) is 6.67 Å². The average Bonchev–Trinajstić information content (AvgIpc) is 2.34. The number of nitrogens with zero attached hydrogens (tertiary/aromatic N) is 3. The van der Waals surface area contributed by atoms with Crippen LogP contribution in [-0.4, -0.2) is 21.7 Å². The third-order valence-electron chi connectivity index (χ3n) is 1.30. The Balaban J connectivity index is 0. The smallest absolute Gasteiger partial charge is 0.110 e. The van der Waals surface area contributed by atoms with Crippen LogP contribution >= 0.6 is 24.8 Å². The summed E-state index contributed by atoms with van der Waals surface area (Å²) < 4.78 is 13.4. The largest absolute Gasteiger partial charge is 0.320 e. The van der Waals surface area contributed by atoms with Gasteiger partial charge in [-0.2, -0.15) is 0 Å². The van der Waals surface area contributed by atoms with Crippen LogP contribution in [0.25, 0.3) is 0 Å². The third-order valence-corrected chi connectivity index (χ3v) is 1.30. The van der Waals surface area contributed by atoms with Crippen molar-refractivity contribution in [3.8, 4) is 0 Å². The van der Waals surface area contributed by atoms with Crippen LogP contribution in [0.3, 0.4) is 0 Å². The minimum atomic E-state index is -0.597.